The summed E-state index contributed by atoms with van der Waals surface area (Å²) in [7, 11) is 3.61. The summed E-state index contributed by atoms with van der Waals surface area (Å²) in [5, 5.41) is 16.6. The number of carboxylic acids is 1. The van der Waals surface area contributed by atoms with Gasteiger partial charge in [-0.2, -0.15) is 5.10 Å². The first-order chi connectivity index (χ1) is 15.9. The molecule has 1 aromatic carbocycles. The standard InChI is InChI=1S/C24H26FN5O3/c1-15-19(23(24(31)32)28-29(15)3)9-11-33-21-12-17(25)5-6-20(21)16-4-7-22-27-13-18(8-10-26-2)30(22)14-16/h4-7,12-14,26H,8-11H2,1-3H3,(H,31,32). The molecule has 3 aromatic heterocycles. The number of halogens is 1. The van der Waals surface area contributed by atoms with Gasteiger partial charge in [-0.3, -0.25) is 4.68 Å². The second-order valence-corrected chi connectivity index (χ2v) is 7.83. The molecule has 0 atom stereocenters. The monoisotopic (exact) mass is 451 g/mol. The van der Waals surface area contributed by atoms with E-state index >= 15 is 0 Å². The maximum absolute atomic E-state index is 14.1. The van der Waals surface area contributed by atoms with Gasteiger partial charge in [0.1, 0.15) is 17.2 Å². The van der Waals surface area contributed by atoms with Crippen LogP contribution in [0.15, 0.2) is 42.7 Å². The molecule has 3 heterocycles. The van der Waals surface area contributed by atoms with E-state index in [1.165, 1.54) is 12.1 Å². The summed E-state index contributed by atoms with van der Waals surface area (Å²) in [6, 6.07) is 8.29. The van der Waals surface area contributed by atoms with E-state index in [1.807, 2.05) is 42.9 Å². The van der Waals surface area contributed by atoms with Crippen LogP contribution in [0.2, 0.25) is 0 Å². The number of nitrogens with zero attached hydrogens (tertiary/aromatic N) is 4. The van der Waals surface area contributed by atoms with E-state index in [0.29, 0.717) is 17.7 Å². The molecule has 0 amide bonds. The Morgan fingerprint density at radius 2 is 2.06 bits per heavy atom. The van der Waals surface area contributed by atoms with Gasteiger partial charge in [0.05, 0.1) is 6.61 Å². The number of aromatic carboxylic acids is 1. The molecule has 33 heavy (non-hydrogen) atoms. The maximum atomic E-state index is 14.1. The summed E-state index contributed by atoms with van der Waals surface area (Å²) in [5.74, 6) is -1.09. The molecule has 8 nitrogen and oxygen atoms in total. The number of aromatic nitrogens is 4. The number of likely N-dealkylation sites (N-methyl/N-ethyl adjacent to an activating group) is 1. The molecule has 0 radical (unpaired) electrons. The Morgan fingerprint density at radius 1 is 1.24 bits per heavy atom. The minimum atomic E-state index is -1.08. The number of ether oxygens (including phenoxy) is 1. The van der Waals surface area contributed by atoms with Gasteiger partial charge in [-0.1, -0.05) is 0 Å². The Labute approximate surface area is 190 Å². The highest BCUT2D eigenvalue weighted by Gasteiger charge is 2.19. The number of hydrogen-bond donors (Lipinski definition) is 2. The van der Waals surface area contributed by atoms with E-state index in [1.54, 1.807) is 17.8 Å². The van der Waals surface area contributed by atoms with Crippen LogP contribution in [0.4, 0.5) is 4.39 Å². The normalized spacial score (nSPS) is 11.3. The summed E-state index contributed by atoms with van der Waals surface area (Å²) in [4.78, 5) is 16.0. The highest BCUT2D eigenvalue weighted by Crippen LogP contribution is 2.31. The summed E-state index contributed by atoms with van der Waals surface area (Å²) in [5.41, 5.74) is 4.89. The van der Waals surface area contributed by atoms with E-state index in [2.05, 4.69) is 15.4 Å². The second kappa shape index (κ2) is 9.41. The highest BCUT2D eigenvalue weighted by atomic mass is 19.1. The zero-order valence-corrected chi connectivity index (χ0v) is 18.8. The van der Waals surface area contributed by atoms with Gasteiger partial charge in [0.2, 0.25) is 0 Å². The van der Waals surface area contributed by atoms with Crippen molar-refractivity contribution < 1.29 is 19.0 Å². The molecule has 0 saturated heterocycles. The fourth-order valence-electron chi connectivity index (χ4n) is 3.87. The van der Waals surface area contributed by atoms with Crippen molar-refractivity contribution in [3.63, 3.8) is 0 Å². The van der Waals surface area contributed by atoms with Crippen LogP contribution in [-0.2, 0) is 19.9 Å². The molecule has 0 spiro atoms. The van der Waals surface area contributed by atoms with Gasteiger partial charge in [-0.15, -0.1) is 0 Å². The van der Waals surface area contributed by atoms with Crippen LogP contribution in [0.1, 0.15) is 27.4 Å². The van der Waals surface area contributed by atoms with Crippen LogP contribution >= 0.6 is 0 Å². The molecular formula is C24H26FN5O3. The van der Waals surface area contributed by atoms with Gasteiger partial charge >= 0.3 is 5.97 Å². The largest absolute Gasteiger partial charge is 0.492 e. The van der Waals surface area contributed by atoms with Crippen LogP contribution < -0.4 is 10.1 Å². The number of benzene rings is 1. The Bertz CT molecular complexity index is 1310. The van der Waals surface area contributed by atoms with E-state index in [-0.39, 0.29) is 12.3 Å². The summed E-state index contributed by atoms with van der Waals surface area (Å²) in [6.45, 7) is 2.83. The number of imidazole rings is 1. The lowest BCUT2D eigenvalue weighted by Crippen LogP contribution is -2.11. The van der Waals surface area contributed by atoms with Crippen LogP contribution in [0.5, 0.6) is 5.75 Å². The number of fused-ring (bicyclic) bond motifs is 1. The molecule has 0 fully saturated rings. The van der Waals surface area contributed by atoms with E-state index in [0.717, 1.165) is 41.1 Å². The molecular weight excluding hydrogens is 425 g/mol. The van der Waals surface area contributed by atoms with Crippen molar-refractivity contribution in [2.24, 2.45) is 7.05 Å². The third-order valence-electron chi connectivity index (χ3n) is 5.74. The molecule has 2 N–H and O–H groups in total. The first-order valence-corrected chi connectivity index (χ1v) is 10.7. The van der Waals surface area contributed by atoms with Crippen molar-refractivity contribution in [1.82, 2.24) is 24.5 Å². The van der Waals surface area contributed by atoms with Crippen LogP contribution in [0.3, 0.4) is 0 Å². The Kier molecular flexibility index (Phi) is 6.41. The second-order valence-electron chi connectivity index (χ2n) is 7.83. The average molecular weight is 452 g/mol. The van der Waals surface area contributed by atoms with E-state index in [4.69, 9.17) is 4.74 Å². The van der Waals surface area contributed by atoms with Crippen LogP contribution in [0, 0.1) is 12.7 Å². The van der Waals surface area contributed by atoms with Gasteiger partial charge in [0.15, 0.2) is 5.69 Å². The molecule has 0 aliphatic rings. The maximum Gasteiger partial charge on any atom is 0.356 e. The predicted molar refractivity (Wildman–Crippen MR) is 122 cm³/mol. The third kappa shape index (κ3) is 4.58. The fourth-order valence-corrected chi connectivity index (χ4v) is 3.87. The third-order valence-corrected chi connectivity index (χ3v) is 5.74. The number of rotatable bonds is 9. The number of hydrogen-bond acceptors (Lipinski definition) is 5. The minimum Gasteiger partial charge on any atom is -0.492 e. The van der Waals surface area contributed by atoms with Crippen molar-refractivity contribution in [3.05, 3.63) is 71.2 Å². The lowest BCUT2D eigenvalue weighted by molar-refractivity contribution is 0.0688. The molecule has 9 heteroatoms. The summed E-state index contributed by atoms with van der Waals surface area (Å²) < 4.78 is 23.6. The van der Waals surface area contributed by atoms with Gasteiger partial charge in [-0.25, -0.2) is 14.2 Å². The topological polar surface area (TPSA) is 93.7 Å². The fraction of sp³-hybridized carbons (Fsp3) is 0.292. The first kappa shape index (κ1) is 22.5. The van der Waals surface area contributed by atoms with Crippen LogP contribution in [-0.4, -0.2) is 50.4 Å². The Morgan fingerprint density at radius 3 is 2.82 bits per heavy atom. The summed E-state index contributed by atoms with van der Waals surface area (Å²) in [6.07, 6.45) is 4.99. The SMILES string of the molecule is CNCCc1cnc2ccc(-c3ccc(F)cc3OCCc3c(C(=O)O)nn(C)c3C)cn12. The van der Waals surface area contributed by atoms with Crippen molar-refractivity contribution >= 4 is 11.6 Å². The van der Waals surface area contributed by atoms with Crippen molar-refractivity contribution in [3.8, 4) is 16.9 Å². The highest BCUT2D eigenvalue weighted by molar-refractivity contribution is 5.87. The van der Waals surface area contributed by atoms with Crippen molar-refractivity contribution in [2.75, 3.05) is 20.2 Å². The molecule has 0 aliphatic heterocycles. The van der Waals surface area contributed by atoms with Gasteiger partial charge in [0, 0.05) is 73.0 Å². The molecule has 172 valence electrons. The quantitative estimate of drug-likeness (QED) is 0.406. The van der Waals surface area contributed by atoms with Crippen molar-refractivity contribution in [2.45, 2.75) is 19.8 Å². The average Bonchev–Trinajstić information content (AvgIpc) is 3.33. The van der Waals surface area contributed by atoms with Crippen molar-refractivity contribution in [1.29, 1.82) is 0 Å². The van der Waals surface area contributed by atoms with E-state index < -0.39 is 11.8 Å². The zero-order valence-electron chi connectivity index (χ0n) is 18.8. The lowest BCUT2D eigenvalue weighted by Gasteiger charge is -2.13. The molecule has 4 aromatic rings. The number of pyridine rings is 1. The molecule has 0 bridgehead atoms. The first-order valence-electron chi connectivity index (χ1n) is 10.7. The van der Waals surface area contributed by atoms with Gasteiger partial charge in [-0.05, 0) is 38.2 Å². The molecule has 4 rings (SSSR count). The zero-order chi connectivity index (χ0) is 23.5. The number of aryl methyl sites for hydroxylation is 1. The number of nitrogens with one attached hydrogen (secondary N) is 1. The predicted octanol–water partition coefficient (Wildman–Crippen LogP) is 3.26. The Balaban J connectivity index is 1.61. The number of carbonyl (C=O) groups is 1. The molecule has 0 unspecified atom stereocenters. The Hall–Kier alpha value is -3.72. The number of carboxylic acid groups (broad SMARTS) is 1. The van der Waals surface area contributed by atoms with Gasteiger partial charge in [0.25, 0.3) is 0 Å². The molecule has 0 aliphatic carbocycles. The minimum absolute atomic E-state index is 0.0118. The van der Waals surface area contributed by atoms with E-state index in [9.17, 15) is 14.3 Å². The smallest absolute Gasteiger partial charge is 0.356 e. The van der Waals surface area contributed by atoms with Crippen LogP contribution in [0.25, 0.3) is 16.8 Å². The lowest BCUT2D eigenvalue weighted by atomic mass is 10.1. The van der Waals surface area contributed by atoms with Gasteiger partial charge < -0.3 is 19.6 Å². The summed E-state index contributed by atoms with van der Waals surface area (Å²) >= 11 is 0. The molecule has 0 saturated carbocycles.